The molecule has 2 aliphatic rings. The molecule has 6 heteroatoms. The third-order valence-corrected chi connectivity index (χ3v) is 4.34. The van der Waals surface area contributed by atoms with Crippen LogP contribution in [-0.2, 0) is 10.3 Å². The standard InChI is InChI=1S/C14H17ClN4O/c1-7-6-20-14(2,3)12-16-10-9(8-4-5-8)17-13(15)18-11(10)19(7)12/h7-8H,4-6H2,1-3H3. The molecular weight excluding hydrogens is 276 g/mol. The van der Waals surface area contributed by atoms with Crippen LogP contribution >= 0.6 is 11.6 Å². The number of nitrogens with zero attached hydrogens (tertiary/aromatic N) is 4. The van der Waals surface area contributed by atoms with Gasteiger partial charge in [-0.3, -0.25) is 0 Å². The zero-order valence-corrected chi connectivity index (χ0v) is 12.6. The Kier molecular flexibility index (Phi) is 2.46. The molecule has 0 amide bonds. The highest BCUT2D eigenvalue weighted by molar-refractivity contribution is 6.28. The summed E-state index contributed by atoms with van der Waals surface area (Å²) in [6, 6.07) is 0.209. The van der Waals surface area contributed by atoms with E-state index in [-0.39, 0.29) is 6.04 Å². The Morgan fingerprint density at radius 1 is 1.25 bits per heavy atom. The van der Waals surface area contributed by atoms with E-state index in [1.165, 1.54) is 12.8 Å². The lowest BCUT2D eigenvalue weighted by atomic mass is 10.1. The summed E-state index contributed by atoms with van der Waals surface area (Å²) in [4.78, 5) is 13.7. The first kappa shape index (κ1) is 12.5. The number of imidazole rings is 1. The fourth-order valence-corrected chi connectivity index (χ4v) is 3.09. The first-order valence-electron chi connectivity index (χ1n) is 7.07. The molecule has 20 heavy (non-hydrogen) atoms. The molecule has 1 aliphatic carbocycles. The number of aromatic nitrogens is 4. The van der Waals surface area contributed by atoms with E-state index in [1.54, 1.807) is 0 Å². The molecule has 4 rings (SSSR count). The molecule has 2 aromatic heterocycles. The highest BCUT2D eigenvalue weighted by Crippen LogP contribution is 2.43. The fraction of sp³-hybridized carbons (Fsp3) is 0.643. The second kappa shape index (κ2) is 3.92. The summed E-state index contributed by atoms with van der Waals surface area (Å²) < 4.78 is 8.08. The summed E-state index contributed by atoms with van der Waals surface area (Å²) in [5.74, 6) is 1.42. The van der Waals surface area contributed by atoms with Crippen molar-refractivity contribution in [2.45, 2.75) is 51.2 Å². The maximum absolute atomic E-state index is 6.12. The summed E-state index contributed by atoms with van der Waals surface area (Å²) in [6.45, 7) is 6.86. The predicted octanol–water partition coefficient (Wildman–Crippen LogP) is 3.18. The van der Waals surface area contributed by atoms with Crippen LogP contribution in [0.15, 0.2) is 0 Å². The molecule has 5 nitrogen and oxygen atoms in total. The number of hydrogen-bond donors (Lipinski definition) is 0. The topological polar surface area (TPSA) is 52.8 Å². The molecule has 1 aliphatic heterocycles. The molecule has 2 aromatic rings. The second-order valence-corrected chi connectivity index (χ2v) is 6.64. The van der Waals surface area contributed by atoms with Crippen LogP contribution < -0.4 is 0 Å². The van der Waals surface area contributed by atoms with Crippen molar-refractivity contribution < 1.29 is 4.74 Å². The van der Waals surface area contributed by atoms with Crippen LogP contribution in [0, 0.1) is 0 Å². The molecule has 0 radical (unpaired) electrons. The minimum atomic E-state index is -0.402. The molecular formula is C14H17ClN4O. The van der Waals surface area contributed by atoms with Crippen LogP contribution in [0.5, 0.6) is 0 Å². The molecule has 0 N–H and O–H groups in total. The Labute approximate surface area is 122 Å². The largest absolute Gasteiger partial charge is 0.365 e. The van der Waals surface area contributed by atoms with E-state index in [0.717, 1.165) is 22.7 Å². The van der Waals surface area contributed by atoms with E-state index in [1.807, 2.05) is 13.8 Å². The van der Waals surface area contributed by atoms with Crippen molar-refractivity contribution in [2.75, 3.05) is 6.61 Å². The maximum Gasteiger partial charge on any atom is 0.224 e. The van der Waals surface area contributed by atoms with Crippen molar-refractivity contribution in [1.29, 1.82) is 0 Å². The van der Waals surface area contributed by atoms with Crippen molar-refractivity contribution in [3.8, 4) is 0 Å². The SMILES string of the molecule is CC1COC(C)(C)c2nc3c(C4CC4)nc(Cl)nc3n21. The van der Waals surface area contributed by atoms with Crippen molar-refractivity contribution in [1.82, 2.24) is 19.5 Å². The monoisotopic (exact) mass is 292 g/mol. The van der Waals surface area contributed by atoms with E-state index < -0.39 is 5.60 Å². The van der Waals surface area contributed by atoms with Gasteiger partial charge in [0.2, 0.25) is 5.28 Å². The number of ether oxygens (including phenoxy) is 1. The average molecular weight is 293 g/mol. The van der Waals surface area contributed by atoms with Crippen molar-refractivity contribution in [3.63, 3.8) is 0 Å². The van der Waals surface area contributed by atoms with E-state index in [4.69, 9.17) is 21.3 Å². The first-order valence-corrected chi connectivity index (χ1v) is 7.45. The Morgan fingerprint density at radius 3 is 2.70 bits per heavy atom. The minimum absolute atomic E-state index is 0.209. The molecule has 0 saturated heterocycles. The smallest absolute Gasteiger partial charge is 0.224 e. The molecule has 0 spiro atoms. The Balaban J connectivity index is 2.06. The molecule has 106 valence electrons. The van der Waals surface area contributed by atoms with Crippen LogP contribution in [0.25, 0.3) is 11.2 Å². The van der Waals surface area contributed by atoms with Gasteiger partial charge in [0, 0.05) is 5.92 Å². The van der Waals surface area contributed by atoms with Gasteiger partial charge in [-0.15, -0.1) is 0 Å². The van der Waals surface area contributed by atoms with Crippen molar-refractivity contribution >= 4 is 22.8 Å². The Bertz CT molecular complexity index is 705. The van der Waals surface area contributed by atoms with Crippen LogP contribution in [-0.4, -0.2) is 26.1 Å². The fourth-order valence-electron chi connectivity index (χ4n) is 2.92. The normalized spacial score (nSPS) is 24.9. The number of hydrogen-bond acceptors (Lipinski definition) is 4. The van der Waals surface area contributed by atoms with E-state index >= 15 is 0 Å². The van der Waals surface area contributed by atoms with E-state index in [2.05, 4.69) is 21.5 Å². The van der Waals surface area contributed by atoms with Gasteiger partial charge in [-0.1, -0.05) is 0 Å². The third-order valence-electron chi connectivity index (χ3n) is 4.17. The molecule has 0 bridgehead atoms. The Hall–Kier alpha value is -1.20. The summed E-state index contributed by atoms with van der Waals surface area (Å²) in [5.41, 5.74) is 2.36. The van der Waals surface area contributed by atoms with Gasteiger partial charge in [-0.25, -0.2) is 9.97 Å². The van der Waals surface area contributed by atoms with E-state index in [0.29, 0.717) is 17.8 Å². The van der Waals surface area contributed by atoms with Gasteiger partial charge in [0.25, 0.3) is 0 Å². The summed E-state index contributed by atoms with van der Waals surface area (Å²) in [6.07, 6.45) is 2.33. The maximum atomic E-state index is 6.12. The molecule has 0 aromatic carbocycles. The average Bonchev–Trinajstić information content (AvgIpc) is 3.14. The molecule has 3 heterocycles. The zero-order chi connectivity index (χ0) is 14.1. The van der Waals surface area contributed by atoms with Crippen molar-refractivity contribution in [3.05, 3.63) is 16.8 Å². The van der Waals surface area contributed by atoms with Crippen LogP contribution in [0.4, 0.5) is 0 Å². The van der Waals surface area contributed by atoms with Crippen LogP contribution in [0.3, 0.4) is 0 Å². The predicted molar refractivity (Wildman–Crippen MR) is 76.0 cm³/mol. The zero-order valence-electron chi connectivity index (χ0n) is 11.9. The molecule has 1 unspecified atom stereocenters. The lowest BCUT2D eigenvalue weighted by Gasteiger charge is -2.34. The Morgan fingerprint density at radius 2 is 2.00 bits per heavy atom. The quantitative estimate of drug-likeness (QED) is 0.758. The van der Waals surface area contributed by atoms with Crippen LogP contribution in [0.1, 0.15) is 57.1 Å². The number of fused-ring (bicyclic) bond motifs is 3. The van der Waals surface area contributed by atoms with Gasteiger partial charge < -0.3 is 9.30 Å². The van der Waals surface area contributed by atoms with Gasteiger partial charge >= 0.3 is 0 Å². The molecule has 1 fully saturated rings. The highest BCUT2D eigenvalue weighted by Gasteiger charge is 2.38. The van der Waals surface area contributed by atoms with Gasteiger partial charge in [0.1, 0.15) is 16.9 Å². The molecule has 1 saturated carbocycles. The lowest BCUT2D eigenvalue weighted by Crippen LogP contribution is -2.35. The lowest BCUT2D eigenvalue weighted by molar-refractivity contribution is -0.0655. The summed E-state index contributed by atoms with van der Waals surface area (Å²) in [7, 11) is 0. The number of halogens is 1. The summed E-state index contributed by atoms with van der Waals surface area (Å²) >= 11 is 6.12. The van der Waals surface area contributed by atoms with Gasteiger partial charge in [-0.2, -0.15) is 4.98 Å². The summed E-state index contributed by atoms with van der Waals surface area (Å²) in [5, 5.41) is 0.318. The first-order chi connectivity index (χ1) is 9.47. The van der Waals surface area contributed by atoms with E-state index in [9.17, 15) is 0 Å². The third kappa shape index (κ3) is 1.69. The minimum Gasteiger partial charge on any atom is -0.365 e. The molecule has 1 atom stereocenters. The van der Waals surface area contributed by atoms with Gasteiger partial charge in [0.15, 0.2) is 5.65 Å². The highest BCUT2D eigenvalue weighted by atomic mass is 35.5. The second-order valence-electron chi connectivity index (χ2n) is 6.30. The van der Waals surface area contributed by atoms with Crippen molar-refractivity contribution in [2.24, 2.45) is 0 Å². The van der Waals surface area contributed by atoms with Gasteiger partial charge in [0.05, 0.1) is 18.3 Å². The van der Waals surface area contributed by atoms with Gasteiger partial charge in [-0.05, 0) is 45.2 Å². The number of rotatable bonds is 1. The van der Waals surface area contributed by atoms with Crippen LogP contribution in [0.2, 0.25) is 5.28 Å².